The van der Waals surface area contributed by atoms with E-state index in [0.29, 0.717) is 22.7 Å². The van der Waals surface area contributed by atoms with Gasteiger partial charge in [-0.05, 0) is 38.1 Å². The minimum Gasteiger partial charge on any atom is -0.496 e. The molecule has 7 nitrogen and oxygen atoms in total. The average Bonchev–Trinajstić information content (AvgIpc) is 3.17. The van der Waals surface area contributed by atoms with Gasteiger partial charge in [-0.2, -0.15) is 0 Å². The van der Waals surface area contributed by atoms with Crippen LogP contribution >= 0.6 is 0 Å². The Bertz CT molecular complexity index is 940. The Hall–Kier alpha value is -3.35. The highest BCUT2D eigenvalue weighted by Gasteiger charge is 2.14. The van der Waals surface area contributed by atoms with E-state index in [0.717, 1.165) is 23.5 Å². The molecule has 0 saturated heterocycles. The molecule has 0 atom stereocenters. The summed E-state index contributed by atoms with van der Waals surface area (Å²) in [5.74, 6) is 1.71. The third kappa shape index (κ3) is 3.76. The minimum absolute atomic E-state index is 0.249. The van der Waals surface area contributed by atoms with Crippen molar-refractivity contribution in [1.82, 2.24) is 14.8 Å². The largest absolute Gasteiger partial charge is 0.496 e. The molecule has 1 heterocycles. The maximum atomic E-state index is 12.7. The predicted octanol–water partition coefficient (Wildman–Crippen LogP) is 3.54. The first-order chi connectivity index (χ1) is 13.1. The summed E-state index contributed by atoms with van der Waals surface area (Å²) in [6.45, 7) is 4.67. The maximum Gasteiger partial charge on any atom is 0.255 e. The van der Waals surface area contributed by atoms with E-state index >= 15 is 0 Å². The van der Waals surface area contributed by atoms with Crippen LogP contribution in [0.5, 0.6) is 11.5 Å². The molecule has 140 valence electrons. The molecule has 1 amide bonds. The molecule has 0 saturated carbocycles. The van der Waals surface area contributed by atoms with Crippen molar-refractivity contribution >= 4 is 11.6 Å². The number of benzene rings is 2. The third-order valence-corrected chi connectivity index (χ3v) is 4.35. The molecule has 0 unspecified atom stereocenters. The molecule has 2 aromatic carbocycles. The molecule has 0 aliphatic rings. The normalized spacial score (nSPS) is 10.5. The third-order valence-electron chi connectivity index (χ3n) is 4.35. The summed E-state index contributed by atoms with van der Waals surface area (Å²) in [6, 6.07) is 10.9. The van der Waals surface area contributed by atoms with Gasteiger partial charge in [0.15, 0.2) is 5.82 Å². The van der Waals surface area contributed by atoms with Crippen LogP contribution in [0, 0.1) is 6.92 Å². The van der Waals surface area contributed by atoms with E-state index in [1.807, 2.05) is 42.7 Å². The Morgan fingerprint density at radius 2 is 1.85 bits per heavy atom. The number of hydrogen-bond acceptors (Lipinski definition) is 5. The highest BCUT2D eigenvalue weighted by atomic mass is 16.5. The Kier molecular flexibility index (Phi) is 5.40. The summed E-state index contributed by atoms with van der Waals surface area (Å²) in [5.41, 5.74) is 2.85. The van der Waals surface area contributed by atoms with Gasteiger partial charge in [-0.1, -0.05) is 12.1 Å². The fourth-order valence-electron chi connectivity index (χ4n) is 2.87. The number of ether oxygens (including phenoxy) is 2. The maximum absolute atomic E-state index is 12.7. The van der Waals surface area contributed by atoms with Crippen LogP contribution in [0.15, 0.2) is 42.7 Å². The second-order valence-corrected chi connectivity index (χ2v) is 5.98. The quantitative estimate of drug-likeness (QED) is 0.722. The van der Waals surface area contributed by atoms with Crippen molar-refractivity contribution in [2.75, 3.05) is 19.5 Å². The van der Waals surface area contributed by atoms with Crippen LogP contribution in [-0.4, -0.2) is 34.9 Å². The lowest BCUT2D eigenvalue weighted by molar-refractivity contribution is 0.102. The zero-order valence-corrected chi connectivity index (χ0v) is 15.8. The summed E-state index contributed by atoms with van der Waals surface area (Å²) in [4.78, 5) is 12.7. The molecule has 7 heteroatoms. The molecule has 0 bridgehead atoms. The highest BCUT2D eigenvalue weighted by Crippen LogP contribution is 2.30. The van der Waals surface area contributed by atoms with Crippen molar-refractivity contribution in [3.8, 4) is 22.9 Å². The summed E-state index contributed by atoms with van der Waals surface area (Å²) in [7, 11) is 3.13. The first kappa shape index (κ1) is 18.4. The molecule has 27 heavy (non-hydrogen) atoms. The van der Waals surface area contributed by atoms with E-state index in [-0.39, 0.29) is 5.91 Å². The summed E-state index contributed by atoms with van der Waals surface area (Å²) >= 11 is 0. The van der Waals surface area contributed by atoms with Crippen LogP contribution in [0.1, 0.15) is 22.8 Å². The van der Waals surface area contributed by atoms with Crippen LogP contribution < -0.4 is 14.8 Å². The number of carbonyl (C=O) groups excluding carboxylic acids is 1. The molecular weight excluding hydrogens is 344 g/mol. The summed E-state index contributed by atoms with van der Waals surface area (Å²) < 4.78 is 12.6. The zero-order valence-electron chi connectivity index (χ0n) is 15.8. The fraction of sp³-hybridized carbons (Fsp3) is 0.250. The molecule has 0 fully saturated rings. The van der Waals surface area contributed by atoms with Crippen molar-refractivity contribution in [3.05, 3.63) is 53.9 Å². The first-order valence-corrected chi connectivity index (χ1v) is 8.59. The Morgan fingerprint density at radius 1 is 1.15 bits per heavy atom. The lowest BCUT2D eigenvalue weighted by Crippen LogP contribution is -2.12. The van der Waals surface area contributed by atoms with Gasteiger partial charge in [-0.3, -0.25) is 4.79 Å². The fourth-order valence-corrected chi connectivity index (χ4v) is 2.87. The standard InChI is InChI=1S/C20H22N4O3/c1-5-24-12-21-23-19(24)14-7-6-8-16(9-14)22-20(25)15-10-17(26-3)13(2)18(11-15)27-4/h6-12H,5H2,1-4H3,(H,22,25). The topological polar surface area (TPSA) is 78.3 Å². The minimum atomic E-state index is -0.249. The SMILES string of the molecule is CCn1cnnc1-c1cccc(NC(=O)c2cc(OC)c(C)c(OC)c2)c1. The molecule has 0 aliphatic heterocycles. The number of methoxy groups -OCH3 is 2. The summed E-state index contributed by atoms with van der Waals surface area (Å²) in [5, 5.41) is 11.0. The number of carbonyl (C=O) groups is 1. The second kappa shape index (κ2) is 7.90. The highest BCUT2D eigenvalue weighted by molar-refractivity contribution is 6.05. The van der Waals surface area contributed by atoms with E-state index in [1.165, 1.54) is 0 Å². The zero-order chi connectivity index (χ0) is 19.4. The molecule has 0 aliphatic carbocycles. The van der Waals surface area contributed by atoms with Gasteiger partial charge in [0.25, 0.3) is 5.91 Å². The van der Waals surface area contributed by atoms with Gasteiger partial charge < -0.3 is 19.4 Å². The molecular formula is C20H22N4O3. The number of anilines is 1. The first-order valence-electron chi connectivity index (χ1n) is 8.59. The molecule has 3 rings (SSSR count). The van der Waals surface area contributed by atoms with E-state index in [9.17, 15) is 4.79 Å². The van der Waals surface area contributed by atoms with Crippen LogP contribution in [0.3, 0.4) is 0 Å². The Labute approximate surface area is 158 Å². The van der Waals surface area contributed by atoms with Crippen molar-refractivity contribution in [2.24, 2.45) is 0 Å². The number of aromatic nitrogens is 3. The molecule has 3 aromatic rings. The van der Waals surface area contributed by atoms with Crippen molar-refractivity contribution in [1.29, 1.82) is 0 Å². The van der Waals surface area contributed by atoms with Crippen molar-refractivity contribution in [3.63, 3.8) is 0 Å². The van der Waals surface area contributed by atoms with Gasteiger partial charge in [0.1, 0.15) is 17.8 Å². The van der Waals surface area contributed by atoms with Crippen LogP contribution in [0.2, 0.25) is 0 Å². The number of amides is 1. The van der Waals surface area contributed by atoms with E-state index in [1.54, 1.807) is 32.7 Å². The smallest absolute Gasteiger partial charge is 0.255 e. The van der Waals surface area contributed by atoms with Crippen molar-refractivity contribution in [2.45, 2.75) is 20.4 Å². The van der Waals surface area contributed by atoms with E-state index in [4.69, 9.17) is 9.47 Å². The lowest BCUT2D eigenvalue weighted by Gasteiger charge is -2.13. The average molecular weight is 366 g/mol. The van der Waals surface area contributed by atoms with E-state index < -0.39 is 0 Å². The monoisotopic (exact) mass is 366 g/mol. The molecule has 0 radical (unpaired) electrons. The number of rotatable bonds is 6. The number of aryl methyl sites for hydroxylation is 1. The van der Waals surface area contributed by atoms with Gasteiger partial charge in [0.2, 0.25) is 0 Å². The van der Waals surface area contributed by atoms with Crippen LogP contribution in [0.25, 0.3) is 11.4 Å². The lowest BCUT2D eigenvalue weighted by atomic mass is 10.1. The van der Waals surface area contributed by atoms with Gasteiger partial charge in [-0.25, -0.2) is 0 Å². The molecule has 1 N–H and O–H groups in total. The number of hydrogen-bond donors (Lipinski definition) is 1. The number of nitrogens with one attached hydrogen (secondary N) is 1. The van der Waals surface area contributed by atoms with Gasteiger partial charge >= 0.3 is 0 Å². The number of nitrogens with zero attached hydrogens (tertiary/aromatic N) is 3. The Balaban J connectivity index is 1.88. The van der Waals surface area contributed by atoms with Crippen molar-refractivity contribution < 1.29 is 14.3 Å². The predicted molar refractivity (Wildman–Crippen MR) is 103 cm³/mol. The van der Waals surface area contributed by atoms with E-state index in [2.05, 4.69) is 15.5 Å². The van der Waals surface area contributed by atoms with Crippen LogP contribution in [0.4, 0.5) is 5.69 Å². The second-order valence-electron chi connectivity index (χ2n) is 5.98. The summed E-state index contributed by atoms with van der Waals surface area (Å²) in [6.07, 6.45) is 1.69. The van der Waals surface area contributed by atoms with Gasteiger partial charge in [0, 0.05) is 28.9 Å². The van der Waals surface area contributed by atoms with Gasteiger partial charge in [0.05, 0.1) is 14.2 Å². The van der Waals surface area contributed by atoms with Gasteiger partial charge in [-0.15, -0.1) is 10.2 Å². The van der Waals surface area contributed by atoms with Crippen LogP contribution in [-0.2, 0) is 6.54 Å². The molecule has 1 aromatic heterocycles. The Morgan fingerprint density at radius 3 is 2.48 bits per heavy atom. The molecule has 0 spiro atoms.